The lowest BCUT2D eigenvalue weighted by molar-refractivity contribution is -0.119. The van der Waals surface area contributed by atoms with E-state index in [9.17, 15) is 9.59 Å². The highest BCUT2D eigenvalue weighted by Gasteiger charge is 2.13. The van der Waals surface area contributed by atoms with Gasteiger partial charge in [-0.15, -0.1) is 0 Å². The second kappa shape index (κ2) is 9.02. The summed E-state index contributed by atoms with van der Waals surface area (Å²) in [5, 5.41) is 6.38. The molecule has 1 aliphatic carbocycles. The van der Waals surface area contributed by atoms with Crippen LogP contribution in [0.4, 0.5) is 11.4 Å². The van der Waals surface area contributed by atoms with Crippen molar-refractivity contribution in [3.63, 3.8) is 0 Å². The molecule has 0 unspecified atom stereocenters. The number of benzene rings is 2. The first-order valence-electron chi connectivity index (χ1n) is 9.15. The molecule has 0 atom stereocenters. The standard InChI is InChI=1S/C21H24ClN3O2/c1-25(14-21(27)23-18-9-6-17(22)7-10-18)12-11-20(26)24-19-8-5-15-3-2-4-16(15)13-19/h5-10,13H,2-4,11-12,14H2,1H3,(H,23,27)(H,24,26). The van der Waals surface area contributed by atoms with Gasteiger partial charge in [-0.2, -0.15) is 0 Å². The van der Waals surface area contributed by atoms with Gasteiger partial charge in [0, 0.05) is 29.4 Å². The number of halogens is 1. The van der Waals surface area contributed by atoms with Crippen LogP contribution in [0.15, 0.2) is 42.5 Å². The van der Waals surface area contributed by atoms with Crippen molar-refractivity contribution in [3.05, 3.63) is 58.6 Å². The molecule has 0 saturated heterocycles. The van der Waals surface area contributed by atoms with Gasteiger partial charge >= 0.3 is 0 Å². The first kappa shape index (κ1) is 19.4. The highest BCUT2D eigenvalue weighted by Crippen LogP contribution is 2.24. The third-order valence-corrected chi connectivity index (χ3v) is 4.90. The van der Waals surface area contributed by atoms with E-state index in [-0.39, 0.29) is 18.4 Å². The van der Waals surface area contributed by atoms with E-state index in [0.717, 1.165) is 18.5 Å². The minimum atomic E-state index is -0.126. The number of nitrogens with zero attached hydrogens (tertiary/aromatic N) is 1. The smallest absolute Gasteiger partial charge is 0.238 e. The Hall–Kier alpha value is -2.37. The zero-order chi connectivity index (χ0) is 19.2. The van der Waals surface area contributed by atoms with Crippen LogP contribution < -0.4 is 10.6 Å². The second-order valence-electron chi connectivity index (χ2n) is 6.93. The Morgan fingerprint density at radius 1 is 0.963 bits per heavy atom. The minimum Gasteiger partial charge on any atom is -0.326 e. The molecular weight excluding hydrogens is 362 g/mol. The molecule has 142 valence electrons. The molecule has 0 spiro atoms. The topological polar surface area (TPSA) is 61.4 Å². The fraction of sp³-hybridized carbons (Fsp3) is 0.333. The van der Waals surface area contributed by atoms with E-state index in [1.807, 2.05) is 18.0 Å². The van der Waals surface area contributed by atoms with Crippen molar-refractivity contribution in [2.24, 2.45) is 0 Å². The normalized spacial score (nSPS) is 12.7. The van der Waals surface area contributed by atoms with E-state index in [1.165, 1.54) is 17.5 Å². The van der Waals surface area contributed by atoms with E-state index in [4.69, 9.17) is 11.6 Å². The summed E-state index contributed by atoms with van der Waals surface area (Å²) in [5.41, 5.74) is 4.28. The Morgan fingerprint density at radius 3 is 2.41 bits per heavy atom. The number of hydrogen-bond donors (Lipinski definition) is 2. The maximum Gasteiger partial charge on any atom is 0.238 e. The van der Waals surface area contributed by atoms with Crippen LogP contribution in [0.25, 0.3) is 0 Å². The summed E-state index contributed by atoms with van der Waals surface area (Å²) in [4.78, 5) is 26.1. The zero-order valence-corrected chi connectivity index (χ0v) is 16.2. The molecule has 1 aliphatic rings. The van der Waals surface area contributed by atoms with Gasteiger partial charge in [0.05, 0.1) is 6.54 Å². The number of rotatable bonds is 7. The Morgan fingerprint density at radius 2 is 1.63 bits per heavy atom. The van der Waals surface area contributed by atoms with Gasteiger partial charge in [0.15, 0.2) is 0 Å². The number of likely N-dealkylation sites (N-methyl/N-ethyl adjacent to an activating group) is 1. The van der Waals surface area contributed by atoms with Crippen LogP contribution in [0, 0.1) is 0 Å². The molecule has 0 aliphatic heterocycles. The van der Waals surface area contributed by atoms with Gasteiger partial charge in [0.2, 0.25) is 11.8 Å². The van der Waals surface area contributed by atoms with Crippen molar-refractivity contribution in [1.29, 1.82) is 0 Å². The first-order chi connectivity index (χ1) is 13.0. The van der Waals surface area contributed by atoms with Gasteiger partial charge in [-0.05, 0) is 73.8 Å². The Balaban J connectivity index is 1.40. The van der Waals surface area contributed by atoms with Crippen LogP contribution >= 0.6 is 11.6 Å². The Bertz CT molecular complexity index is 821. The van der Waals surface area contributed by atoms with E-state index in [2.05, 4.69) is 22.8 Å². The molecule has 0 heterocycles. The summed E-state index contributed by atoms with van der Waals surface area (Å²) in [6, 6.07) is 13.1. The van der Waals surface area contributed by atoms with Gasteiger partial charge in [-0.25, -0.2) is 0 Å². The van der Waals surface area contributed by atoms with Gasteiger partial charge in [0.25, 0.3) is 0 Å². The predicted octanol–water partition coefficient (Wildman–Crippen LogP) is 3.73. The molecule has 2 aromatic rings. The molecule has 27 heavy (non-hydrogen) atoms. The highest BCUT2D eigenvalue weighted by atomic mass is 35.5. The molecule has 0 aromatic heterocycles. The quantitative estimate of drug-likeness (QED) is 0.763. The van der Waals surface area contributed by atoms with Crippen LogP contribution in [0.5, 0.6) is 0 Å². The molecule has 2 aromatic carbocycles. The van der Waals surface area contributed by atoms with E-state index in [1.54, 1.807) is 24.3 Å². The van der Waals surface area contributed by atoms with Crippen molar-refractivity contribution in [1.82, 2.24) is 4.90 Å². The molecule has 2 amide bonds. The zero-order valence-electron chi connectivity index (χ0n) is 15.4. The summed E-state index contributed by atoms with van der Waals surface area (Å²) in [5.74, 6) is -0.170. The van der Waals surface area contributed by atoms with Crippen LogP contribution in [0.1, 0.15) is 24.0 Å². The maximum atomic E-state index is 12.2. The van der Waals surface area contributed by atoms with Gasteiger partial charge < -0.3 is 10.6 Å². The minimum absolute atomic E-state index is 0.0436. The average molecular weight is 386 g/mol. The number of fused-ring (bicyclic) bond motifs is 1. The van der Waals surface area contributed by atoms with Crippen LogP contribution in [-0.2, 0) is 22.4 Å². The predicted molar refractivity (Wildman–Crippen MR) is 109 cm³/mol. The monoisotopic (exact) mass is 385 g/mol. The molecule has 6 heteroatoms. The molecular formula is C21H24ClN3O2. The average Bonchev–Trinajstić information content (AvgIpc) is 3.09. The Kier molecular flexibility index (Phi) is 6.48. The van der Waals surface area contributed by atoms with Crippen molar-refractivity contribution in [2.45, 2.75) is 25.7 Å². The summed E-state index contributed by atoms with van der Waals surface area (Å²) in [6.07, 6.45) is 3.74. The third-order valence-electron chi connectivity index (χ3n) is 4.64. The van der Waals surface area contributed by atoms with Crippen molar-refractivity contribution >= 4 is 34.8 Å². The lowest BCUT2D eigenvalue weighted by Crippen LogP contribution is -2.32. The highest BCUT2D eigenvalue weighted by molar-refractivity contribution is 6.30. The molecule has 0 saturated carbocycles. The van der Waals surface area contributed by atoms with Crippen molar-refractivity contribution in [2.75, 3.05) is 30.8 Å². The molecule has 3 rings (SSSR count). The lowest BCUT2D eigenvalue weighted by Gasteiger charge is -2.16. The number of carbonyl (C=O) groups excluding carboxylic acids is 2. The number of hydrogen-bond acceptors (Lipinski definition) is 3. The van der Waals surface area contributed by atoms with Gasteiger partial charge in [-0.3, -0.25) is 14.5 Å². The molecule has 0 radical (unpaired) electrons. The summed E-state index contributed by atoms with van der Waals surface area (Å²) < 4.78 is 0. The molecule has 0 fully saturated rings. The maximum absolute atomic E-state index is 12.2. The Labute approximate surface area is 164 Å². The first-order valence-corrected chi connectivity index (χ1v) is 9.53. The van der Waals surface area contributed by atoms with E-state index in [0.29, 0.717) is 23.7 Å². The van der Waals surface area contributed by atoms with Crippen LogP contribution in [0.2, 0.25) is 5.02 Å². The molecule has 2 N–H and O–H groups in total. The van der Waals surface area contributed by atoms with Gasteiger partial charge in [0.1, 0.15) is 0 Å². The number of aryl methyl sites for hydroxylation is 2. The summed E-state index contributed by atoms with van der Waals surface area (Å²) in [6.45, 7) is 0.722. The SMILES string of the molecule is CN(CCC(=O)Nc1ccc2c(c1)CCC2)CC(=O)Nc1ccc(Cl)cc1. The van der Waals surface area contributed by atoms with Crippen molar-refractivity contribution < 1.29 is 9.59 Å². The molecule has 0 bridgehead atoms. The largest absolute Gasteiger partial charge is 0.326 e. The van der Waals surface area contributed by atoms with Crippen molar-refractivity contribution in [3.8, 4) is 0 Å². The fourth-order valence-electron chi connectivity index (χ4n) is 3.22. The van der Waals surface area contributed by atoms with E-state index < -0.39 is 0 Å². The van der Waals surface area contributed by atoms with Crippen LogP contribution in [0.3, 0.4) is 0 Å². The fourth-order valence-corrected chi connectivity index (χ4v) is 3.35. The molecule has 5 nitrogen and oxygen atoms in total. The number of amides is 2. The number of anilines is 2. The number of carbonyl (C=O) groups is 2. The van der Waals surface area contributed by atoms with E-state index >= 15 is 0 Å². The summed E-state index contributed by atoms with van der Waals surface area (Å²) in [7, 11) is 1.82. The summed E-state index contributed by atoms with van der Waals surface area (Å²) >= 11 is 5.83. The van der Waals surface area contributed by atoms with Crippen LogP contribution in [-0.4, -0.2) is 36.9 Å². The lowest BCUT2D eigenvalue weighted by atomic mass is 10.1. The third kappa shape index (κ3) is 5.81. The number of nitrogens with one attached hydrogen (secondary N) is 2. The van der Waals surface area contributed by atoms with Gasteiger partial charge in [-0.1, -0.05) is 17.7 Å². The second-order valence-corrected chi connectivity index (χ2v) is 7.36.